The van der Waals surface area contributed by atoms with Crippen molar-refractivity contribution in [1.82, 2.24) is 10.2 Å². The van der Waals surface area contributed by atoms with Crippen LogP contribution in [0.1, 0.15) is 23.6 Å². The molecule has 0 bridgehead atoms. The first-order valence-corrected chi connectivity index (χ1v) is 8.11. The van der Waals surface area contributed by atoms with Crippen molar-refractivity contribution in [2.24, 2.45) is 0 Å². The van der Waals surface area contributed by atoms with Crippen LogP contribution in [0.3, 0.4) is 0 Å². The van der Waals surface area contributed by atoms with Gasteiger partial charge in [0.05, 0.1) is 6.04 Å². The second-order valence-corrected chi connectivity index (χ2v) is 6.19. The van der Waals surface area contributed by atoms with E-state index in [1.54, 1.807) is 18.2 Å². The topological polar surface area (TPSA) is 32.3 Å². The van der Waals surface area contributed by atoms with E-state index in [2.05, 4.69) is 10.2 Å². The van der Waals surface area contributed by atoms with Crippen LogP contribution in [-0.4, -0.2) is 30.9 Å². The Morgan fingerprint density at radius 3 is 2.42 bits per heavy atom. The first-order valence-electron chi connectivity index (χ1n) is 8.11. The molecular weight excluding hydrogens is 303 g/mol. The molecule has 0 saturated carbocycles. The van der Waals surface area contributed by atoms with E-state index < -0.39 is 0 Å². The van der Waals surface area contributed by atoms with Crippen molar-refractivity contribution in [3.63, 3.8) is 0 Å². The molecular formula is C20H21FN2O. The van der Waals surface area contributed by atoms with Crippen molar-refractivity contribution >= 4 is 5.91 Å². The summed E-state index contributed by atoms with van der Waals surface area (Å²) in [5.74, 6) is -0.397. The molecule has 2 aromatic rings. The number of amides is 1. The van der Waals surface area contributed by atoms with Gasteiger partial charge < -0.3 is 10.2 Å². The molecule has 24 heavy (non-hydrogen) atoms. The molecule has 3 nitrogen and oxygen atoms in total. The minimum absolute atomic E-state index is 0.113. The Morgan fingerprint density at radius 1 is 1.12 bits per heavy atom. The molecule has 0 aliphatic carbocycles. The van der Waals surface area contributed by atoms with Crippen LogP contribution in [0.15, 0.2) is 66.2 Å². The first-order chi connectivity index (χ1) is 11.6. The minimum atomic E-state index is -0.296. The monoisotopic (exact) mass is 324 g/mol. The van der Waals surface area contributed by atoms with Crippen LogP contribution in [0.4, 0.5) is 4.39 Å². The Bertz CT molecular complexity index is 725. The van der Waals surface area contributed by atoms with Crippen molar-refractivity contribution in [2.45, 2.75) is 12.5 Å². The van der Waals surface area contributed by atoms with Gasteiger partial charge in [-0.25, -0.2) is 4.39 Å². The van der Waals surface area contributed by atoms with Crippen LogP contribution in [0.5, 0.6) is 0 Å². The molecule has 1 unspecified atom stereocenters. The van der Waals surface area contributed by atoms with E-state index in [0.717, 1.165) is 36.2 Å². The molecule has 1 aliphatic heterocycles. The van der Waals surface area contributed by atoms with Crippen LogP contribution in [0, 0.1) is 5.82 Å². The fourth-order valence-electron chi connectivity index (χ4n) is 2.99. The standard InChI is InChI=1S/C20H21FN2O/c1-23-12-11-15(14-23)13-19(24)22-20(16-5-3-2-4-6-16)17-7-9-18(21)10-8-17/h2-10,13,20H,11-12,14H2,1H3,(H,22,24)/b15-13+. The minimum Gasteiger partial charge on any atom is -0.342 e. The maximum atomic E-state index is 13.2. The number of nitrogens with zero attached hydrogens (tertiary/aromatic N) is 1. The molecule has 1 saturated heterocycles. The van der Waals surface area contributed by atoms with Crippen LogP contribution >= 0.6 is 0 Å². The van der Waals surface area contributed by atoms with Gasteiger partial charge in [0.1, 0.15) is 5.82 Å². The fourth-order valence-corrected chi connectivity index (χ4v) is 2.99. The Balaban J connectivity index is 1.82. The van der Waals surface area contributed by atoms with E-state index in [1.165, 1.54) is 12.1 Å². The number of likely N-dealkylation sites (N-methyl/N-ethyl adjacent to an activating group) is 1. The van der Waals surface area contributed by atoms with Crippen molar-refractivity contribution in [1.29, 1.82) is 0 Å². The van der Waals surface area contributed by atoms with Gasteiger partial charge in [0, 0.05) is 19.2 Å². The summed E-state index contributed by atoms with van der Waals surface area (Å²) in [6.45, 7) is 1.82. The largest absolute Gasteiger partial charge is 0.342 e. The third kappa shape index (κ3) is 4.09. The predicted molar refractivity (Wildman–Crippen MR) is 93.0 cm³/mol. The van der Waals surface area contributed by atoms with E-state index in [1.807, 2.05) is 37.4 Å². The quantitative estimate of drug-likeness (QED) is 0.875. The van der Waals surface area contributed by atoms with E-state index in [9.17, 15) is 9.18 Å². The summed E-state index contributed by atoms with van der Waals surface area (Å²) in [6.07, 6.45) is 2.62. The second kappa shape index (κ2) is 7.41. The van der Waals surface area contributed by atoms with E-state index >= 15 is 0 Å². The Hall–Kier alpha value is -2.46. The number of carbonyl (C=O) groups excluding carboxylic acids is 1. The van der Waals surface area contributed by atoms with Crippen molar-refractivity contribution < 1.29 is 9.18 Å². The number of likely N-dealkylation sites (tertiary alicyclic amines) is 1. The van der Waals surface area contributed by atoms with Gasteiger partial charge in [-0.15, -0.1) is 0 Å². The highest BCUT2D eigenvalue weighted by Crippen LogP contribution is 2.22. The maximum absolute atomic E-state index is 13.2. The lowest BCUT2D eigenvalue weighted by Crippen LogP contribution is -2.28. The zero-order valence-electron chi connectivity index (χ0n) is 13.7. The van der Waals surface area contributed by atoms with Crippen molar-refractivity contribution in [3.8, 4) is 0 Å². The van der Waals surface area contributed by atoms with Gasteiger partial charge in [-0.05, 0) is 42.3 Å². The summed E-state index contributed by atoms with van der Waals surface area (Å²) in [5.41, 5.74) is 2.97. The summed E-state index contributed by atoms with van der Waals surface area (Å²) >= 11 is 0. The highest BCUT2D eigenvalue weighted by molar-refractivity contribution is 5.89. The summed E-state index contributed by atoms with van der Waals surface area (Å²) in [6, 6.07) is 15.7. The summed E-state index contributed by atoms with van der Waals surface area (Å²) in [5, 5.41) is 3.05. The molecule has 3 rings (SSSR count). The first kappa shape index (κ1) is 16.4. The lowest BCUT2D eigenvalue weighted by molar-refractivity contribution is -0.117. The molecule has 1 fully saturated rings. The number of nitrogens with one attached hydrogen (secondary N) is 1. The second-order valence-electron chi connectivity index (χ2n) is 6.19. The average molecular weight is 324 g/mol. The van der Waals surface area contributed by atoms with E-state index in [0.29, 0.717) is 0 Å². The highest BCUT2D eigenvalue weighted by atomic mass is 19.1. The predicted octanol–water partition coefficient (Wildman–Crippen LogP) is 3.29. The third-order valence-corrected chi connectivity index (χ3v) is 4.25. The van der Waals surface area contributed by atoms with E-state index in [4.69, 9.17) is 0 Å². The third-order valence-electron chi connectivity index (χ3n) is 4.25. The van der Waals surface area contributed by atoms with Gasteiger partial charge in [-0.3, -0.25) is 4.79 Å². The summed E-state index contributed by atoms with van der Waals surface area (Å²) in [7, 11) is 2.05. The van der Waals surface area contributed by atoms with Crippen molar-refractivity contribution in [3.05, 3.63) is 83.2 Å². The summed E-state index contributed by atoms with van der Waals surface area (Å²) < 4.78 is 13.2. The number of rotatable bonds is 4. The zero-order valence-corrected chi connectivity index (χ0v) is 13.7. The number of halogens is 1. The van der Waals surface area contributed by atoms with Crippen LogP contribution in [0.25, 0.3) is 0 Å². The highest BCUT2D eigenvalue weighted by Gasteiger charge is 2.18. The molecule has 2 aromatic carbocycles. The molecule has 1 aliphatic rings. The zero-order chi connectivity index (χ0) is 16.9. The van der Waals surface area contributed by atoms with Crippen LogP contribution in [-0.2, 0) is 4.79 Å². The molecule has 4 heteroatoms. The maximum Gasteiger partial charge on any atom is 0.244 e. The SMILES string of the molecule is CN1CC/C(=C\C(=O)NC(c2ccccc2)c2ccc(F)cc2)C1. The molecule has 0 spiro atoms. The Kier molecular flexibility index (Phi) is 5.06. The van der Waals surface area contributed by atoms with Crippen LogP contribution < -0.4 is 5.32 Å². The number of benzene rings is 2. The molecule has 0 radical (unpaired) electrons. The molecule has 124 valence electrons. The molecule has 1 amide bonds. The number of carbonyl (C=O) groups is 1. The lowest BCUT2D eigenvalue weighted by Gasteiger charge is -2.19. The van der Waals surface area contributed by atoms with E-state index in [-0.39, 0.29) is 17.8 Å². The van der Waals surface area contributed by atoms with Gasteiger partial charge in [0.15, 0.2) is 0 Å². The number of hydrogen-bond acceptors (Lipinski definition) is 2. The smallest absolute Gasteiger partial charge is 0.244 e. The fraction of sp³-hybridized carbons (Fsp3) is 0.250. The lowest BCUT2D eigenvalue weighted by atomic mass is 9.98. The van der Waals surface area contributed by atoms with Gasteiger partial charge in [-0.2, -0.15) is 0 Å². The van der Waals surface area contributed by atoms with Gasteiger partial charge in [0.25, 0.3) is 0 Å². The van der Waals surface area contributed by atoms with Gasteiger partial charge in [-0.1, -0.05) is 42.5 Å². The molecule has 1 N–H and O–H groups in total. The summed E-state index contributed by atoms with van der Waals surface area (Å²) in [4.78, 5) is 14.6. The molecule has 1 atom stereocenters. The molecule has 0 aromatic heterocycles. The van der Waals surface area contributed by atoms with Gasteiger partial charge in [0.2, 0.25) is 5.91 Å². The average Bonchev–Trinajstić information content (AvgIpc) is 2.99. The number of hydrogen-bond donors (Lipinski definition) is 1. The molecule has 1 heterocycles. The Morgan fingerprint density at radius 2 is 1.79 bits per heavy atom. The normalized spacial score (nSPS) is 17.8. The van der Waals surface area contributed by atoms with Gasteiger partial charge >= 0.3 is 0 Å². The van der Waals surface area contributed by atoms with Crippen molar-refractivity contribution in [2.75, 3.05) is 20.1 Å². The van der Waals surface area contributed by atoms with Crippen LogP contribution in [0.2, 0.25) is 0 Å². The Labute approximate surface area is 141 Å².